The van der Waals surface area contributed by atoms with Crippen molar-refractivity contribution in [3.63, 3.8) is 0 Å². The van der Waals surface area contributed by atoms with Gasteiger partial charge in [-0.05, 0) is 51.5 Å². The van der Waals surface area contributed by atoms with E-state index in [-0.39, 0.29) is 10.8 Å². The molecular weight excluding hydrogens is 336 g/mol. The van der Waals surface area contributed by atoms with Gasteiger partial charge in [0.15, 0.2) is 0 Å². The summed E-state index contributed by atoms with van der Waals surface area (Å²) in [7, 11) is -3.95. The van der Waals surface area contributed by atoms with Gasteiger partial charge in [0.1, 0.15) is 4.90 Å². The van der Waals surface area contributed by atoms with Crippen molar-refractivity contribution in [2.45, 2.75) is 32.6 Å². The molecule has 25 heavy (non-hydrogen) atoms. The fourth-order valence-corrected chi connectivity index (χ4v) is 3.76. The highest BCUT2D eigenvalue weighted by Gasteiger charge is 2.22. The Hall–Kier alpha value is -2.60. The quantitative estimate of drug-likeness (QED) is 0.666. The van der Waals surface area contributed by atoms with E-state index in [0.29, 0.717) is 11.3 Å². The highest BCUT2D eigenvalue weighted by molar-refractivity contribution is 7.87. The SMILES string of the molecule is Cc1ccc(-n2nc(C)cc2OS(=O)(=O)c2ccc(C)cc2C)cc1. The van der Waals surface area contributed by atoms with Crippen molar-refractivity contribution in [3.8, 4) is 11.6 Å². The van der Waals surface area contributed by atoms with Crippen molar-refractivity contribution in [1.29, 1.82) is 0 Å². The molecule has 130 valence electrons. The van der Waals surface area contributed by atoms with Gasteiger partial charge in [0, 0.05) is 6.07 Å². The molecule has 6 heteroatoms. The van der Waals surface area contributed by atoms with Crippen LogP contribution in [0.4, 0.5) is 0 Å². The lowest BCUT2D eigenvalue weighted by molar-refractivity contribution is 0.464. The molecule has 3 rings (SSSR count). The monoisotopic (exact) mass is 356 g/mol. The number of aromatic nitrogens is 2. The molecule has 0 aliphatic carbocycles. The van der Waals surface area contributed by atoms with E-state index in [1.165, 1.54) is 4.68 Å². The molecule has 0 N–H and O–H groups in total. The number of hydrogen-bond acceptors (Lipinski definition) is 4. The van der Waals surface area contributed by atoms with Gasteiger partial charge >= 0.3 is 10.1 Å². The number of nitrogens with zero attached hydrogens (tertiary/aromatic N) is 2. The van der Waals surface area contributed by atoms with Crippen molar-refractivity contribution >= 4 is 10.1 Å². The van der Waals surface area contributed by atoms with Crippen LogP contribution in [0.25, 0.3) is 5.69 Å². The lowest BCUT2D eigenvalue weighted by atomic mass is 10.2. The maximum atomic E-state index is 12.7. The highest BCUT2D eigenvalue weighted by atomic mass is 32.2. The van der Waals surface area contributed by atoms with Crippen LogP contribution in [0, 0.1) is 27.7 Å². The molecule has 5 nitrogen and oxygen atoms in total. The van der Waals surface area contributed by atoms with Crippen LogP contribution in [0.15, 0.2) is 53.4 Å². The highest BCUT2D eigenvalue weighted by Crippen LogP contribution is 2.25. The first-order valence-electron chi connectivity index (χ1n) is 7.92. The molecule has 3 aromatic rings. The molecule has 0 saturated heterocycles. The van der Waals surface area contributed by atoms with Crippen molar-refractivity contribution < 1.29 is 12.6 Å². The molecule has 0 saturated carbocycles. The van der Waals surface area contributed by atoms with E-state index in [4.69, 9.17) is 4.18 Å². The zero-order valence-electron chi connectivity index (χ0n) is 14.6. The van der Waals surface area contributed by atoms with Gasteiger partial charge in [-0.3, -0.25) is 0 Å². The molecule has 0 aliphatic heterocycles. The molecule has 1 heterocycles. The average Bonchev–Trinajstić information content (AvgIpc) is 2.87. The predicted molar refractivity (Wildman–Crippen MR) is 96.8 cm³/mol. The van der Waals surface area contributed by atoms with Crippen molar-refractivity contribution in [2.75, 3.05) is 0 Å². The summed E-state index contributed by atoms with van der Waals surface area (Å²) in [6.45, 7) is 7.45. The van der Waals surface area contributed by atoms with Crippen LogP contribution in [0.1, 0.15) is 22.4 Å². The molecule has 0 amide bonds. The molecule has 0 radical (unpaired) electrons. The zero-order valence-corrected chi connectivity index (χ0v) is 15.5. The van der Waals surface area contributed by atoms with E-state index in [1.807, 2.05) is 44.2 Å². The van der Waals surface area contributed by atoms with Crippen LogP contribution in [0.2, 0.25) is 0 Å². The molecule has 0 spiro atoms. The maximum Gasteiger partial charge on any atom is 0.340 e. The minimum atomic E-state index is -3.95. The summed E-state index contributed by atoms with van der Waals surface area (Å²) in [5.41, 5.74) is 4.17. The minimum absolute atomic E-state index is 0.160. The summed E-state index contributed by atoms with van der Waals surface area (Å²) in [5.74, 6) is 0.168. The second-order valence-electron chi connectivity index (χ2n) is 6.18. The van der Waals surface area contributed by atoms with Gasteiger partial charge in [0.2, 0.25) is 5.88 Å². The van der Waals surface area contributed by atoms with Crippen molar-refractivity contribution in [1.82, 2.24) is 9.78 Å². The standard InChI is InChI=1S/C19H20N2O3S/c1-13-5-8-17(9-6-13)21-19(12-16(4)20-21)24-25(22,23)18-10-7-14(2)11-15(18)3/h5-12H,1-4H3. The van der Waals surface area contributed by atoms with Gasteiger partial charge in [-0.1, -0.05) is 35.4 Å². The largest absolute Gasteiger partial charge is 0.358 e. The first-order valence-corrected chi connectivity index (χ1v) is 9.32. The third-order valence-corrected chi connectivity index (χ3v) is 5.26. The van der Waals surface area contributed by atoms with Gasteiger partial charge in [-0.15, -0.1) is 0 Å². The molecule has 0 unspecified atom stereocenters. The number of aryl methyl sites for hydroxylation is 4. The Morgan fingerprint density at radius 2 is 1.52 bits per heavy atom. The zero-order chi connectivity index (χ0) is 18.2. The number of benzene rings is 2. The predicted octanol–water partition coefficient (Wildman–Crippen LogP) is 3.87. The Morgan fingerprint density at radius 1 is 0.880 bits per heavy atom. The molecule has 0 fully saturated rings. The second kappa shape index (κ2) is 6.37. The fraction of sp³-hybridized carbons (Fsp3) is 0.211. The molecule has 0 bridgehead atoms. The van der Waals surface area contributed by atoms with Gasteiger partial charge in [0.05, 0.1) is 11.4 Å². The Balaban J connectivity index is 2.02. The Morgan fingerprint density at radius 3 is 2.16 bits per heavy atom. The molecule has 2 aromatic carbocycles. The van der Waals surface area contributed by atoms with E-state index >= 15 is 0 Å². The Kier molecular flexibility index (Phi) is 4.39. The van der Waals surface area contributed by atoms with Crippen LogP contribution in [0.5, 0.6) is 5.88 Å². The van der Waals surface area contributed by atoms with Crippen molar-refractivity contribution in [3.05, 3.63) is 70.9 Å². The number of hydrogen-bond donors (Lipinski definition) is 0. The average molecular weight is 356 g/mol. The lowest BCUT2D eigenvalue weighted by Gasteiger charge is -2.11. The smallest absolute Gasteiger partial charge is 0.340 e. The minimum Gasteiger partial charge on any atom is -0.358 e. The van der Waals surface area contributed by atoms with Crippen LogP contribution in [-0.4, -0.2) is 18.2 Å². The van der Waals surface area contributed by atoms with Crippen LogP contribution in [0.3, 0.4) is 0 Å². The van der Waals surface area contributed by atoms with Gasteiger partial charge in [0.25, 0.3) is 0 Å². The summed E-state index contributed by atoms with van der Waals surface area (Å²) in [6, 6.07) is 14.4. The van der Waals surface area contributed by atoms with E-state index < -0.39 is 10.1 Å². The summed E-state index contributed by atoms with van der Waals surface area (Å²) in [6.07, 6.45) is 0. The van der Waals surface area contributed by atoms with Crippen molar-refractivity contribution in [2.24, 2.45) is 0 Å². The topological polar surface area (TPSA) is 61.2 Å². The first-order chi connectivity index (χ1) is 11.8. The summed E-state index contributed by atoms with van der Waals surface area (Å²) in [4.78, 5) is 0.160. The normalized spacial score (nSPS) is 11.5. The second-order valence-corrected chi connectivity index (χ2v) is 7.69. The Labute approximate surface area is 148 Å². The fourth-order valence-electron chi connectivity index (χ4n) is 2.64. The van der Waals surface area contributed by atoms with Crippen LogP contribution < -0.4 is 4.18 Å². The summed E-state index contributed by atoms with van der Waals surface area (Å²) in [5, 5.41) is 4.35. The van der Waals surface area contributed by atoms with Gasteiger partial charge in [-0.25, -0.2) is 0 Å². The third kappa shape index (κ3) is 3.58. The lowest BCUT2D eigenvalue weighted by Crippen LogP contribution is -2.14. The van der Waals surface area contributed by atoms with E-state index in [1.54, 1.807) is 32.0 Å². The van der Waals surface area contributed by atoms with E-state index in [2.05, 4.69) is 5.10 Å². The van der Waals surface area contributed by atoms with E-state index in [9.17, 15) is 8.42 Å². The summed E-state index contributed by atoms with van der Waals surface area (Å²) >= 11 is 0. The molecular formula is C19H20N2O3S. The molecule has 0 atom stereocenters. The third-order valence-electron chi connectivity index (χ3n) is 3.87. The maximum absolute atomic E-state index is 12.7. The Bertz CT molecular complexity index is 1020. The summed E-state index contributed by atoms with van der Waals surface area (Å²) < 4.78 is 32.3. The number of rotatable bonds is 4. The molecule has 1 aromatic heterocycles. The van der Waals surface area contributed by atoms with Gasteiger partial charge < -0.3 is 4.18 Å². The molecule has 0 aliphatic rings. The van der Waals surface area contributed by atoms with Crippen LogP contribution >= 0.6 is 0 Å². The van der Waals surface area contributed by atoms with E-state index in [0.717, 1.165) is 16.8 Å². The van der Waals surface area contributed by atoms with Crippen LogP contribution in [-0.2, 0) is 10.1 Å². The van der Waals surface area contributed by atoms with Gasteiger partial charge in [-0.2, -0.15) is 18.2 Å². The first kappa shape index (κ1) is 17.2.